The summed E-state index contributed by atoms with van der Waals surface area (Å²) in [6, 6.07) is 10.4. The first kappa shape index (κ1) is 22.5. The number of carboxylic acids is 1. The Labute approximate surface area is 179 Å². The van der Waals surface area contributed by atoms with Gasteiger partial charge < -0.3 is 14.8 Å². The van der Waals surface area contributed by atoms with E-state index in [9.17, 15) is 32.7 Å². The van der Waals surface area contributed by atoms with Crippen molar-refractivity contribution in [1.82, 2.24) is 4.57 Å². The number of carboxylic acid groups (broad SMARTS) is 1. The van der Waals surface area contributed by atoms with Crippen LogP contribution in [0.2, 0.25) is 0 Å². The van der Waals surface area contributed by atoms with E-state index in [4.69, 9.17) is 5.11 Å². The minimum Gasteiger partial charge on any atom is -0.507 e. The Morgan fingerprint density at radius 2 is 1.59 bits per heavy atom. The molecule has 9 heteroatoms. The van der Waals surface area contributed by atoms with Crippen molar-refractivity contribution in [1.29, 1.82) is 0 Å². The Morgan fingerprint density at radius 1 is 0.938 bits per heavy atom. The van der Waals surface area contributed by atoms with Gasteiger partial charge in [0.25, 0.3) is 11.3 Å². The monoisotopic (exact) mass is 443 g/mol. The first-order chi connectivity index (χ1) is 15.2. The summed E-state index contributed by atoms with van der Waals surface area (Å²) in [5, 5.41) is 18.9. The average molecular weight is 443 g/mol. The summed E-state index contributed by atoms with van der Waals surface area (Å²) >= 11 is 0. The molecule has 0 bridgehead atoms. The molecule has 1 heterocycles. The first-order valence-corrected chi connectivity index (χ1v) is 9.25. The van der Waals surface area contributed by atoms with Gasteiger partial charge in [-0.25, -0.2) is 18.0 Å². The smallest absolute Gasteiger partial charge is 0.376 e. The van der Waals surface area contributed by atoms with E-state index in [-0.39, 0.29) is 17.5 Å². The third kappa shape index (κ3) is 4.94. The average Bonchev–Trinajstić information content (AvgIpc) is 2.74. The second-order valence-corrected chi connectivity index (χ2v) is 6.88. The number of halogens is 3. The van der Waals surface area contributed by atoms with Gasteiger partial charge in [-0.1, -0.05) is 30.3 Å². The molecule has 2 N–H and O–H groups in total. The maximum Gasteiger partial charge on any atom is 0.376 e. The molecule has 32 heavy (non-hydrogen) atoms. The van der Waals surface area contributed by atoms with E-state index < -0.39 is 52.6 Å². The van der Waals surface area contributed by atoms with E-state index in [1.165, 1.54) is 42.6 Å². The molecule has 0 aliphatic rings. The molecule has 0 aliphatic heterocycles. The Hall–Kier alpha value is -4.14. The lowest BCUT2D eigenvalue weighted by molar-refractivity contribution is -0.146. The molecule has 0 aliphatic carbocycles. The fraction of sp³-hybridized carbons (Fsp3) is 0.0870. The zero-order valence-electron chi connectivity index (χ0n) is 16.4. The number of rotatable bonds is 7. The molecule has 1 aromatic heterocycles. The van der Waals surface area contributed by atoms with Gasteiger partial charge in [0.2, 0.25) is 0 Å². The van der Waals surface area contributed by atoms with Crippen LogP contribution in [0.25, 0.3) is 5.76 Å². The summed E-state index contributed by atoms with van der Waals surface area (Å²) in [5.41, 5.74) is -0.954. The van der Waals surface area contributed by atoms with Crippen molar-refractivity contribution in [3.8, 4) is 0 Å². The number of carbonyl (C=O) groups is 2. The number of nitrogens with zero attached hydrogens (tertiary/aromatic N) is 1. The first-order valence-electron chi connectivity index (χ1n) is 9.25. The van der Waals surface area contributed by atoms with Gasteiger partial charge in [0.1, 0.15) is 11.6 Å². The van der Waals surface area contributed by atoms with Crippen LogP contribution in [0, 0.1) is 17.5 Å². The van der Waals surface area contributed by atoms with Gasteiger partial charge in [-0.05, 0) is 29.3 Å². The van der Waals surface area contributed by atoms with E-state index in [0.717, 1.165) is 10.6 Å². The highest BCUT2D eigenvalue weighted by Crippen LogP contribution is 2.18. The number of aliphatic carboxylic acids is 1. The summed E-state index contributed by atoms with van der Waals surface area (Å²) in [4.78, 5) is 35.0. The zero-order valence-corrected chi connectivity index (χ0v) is 16.4. The van der Waals surface area contributed by atoms with Gasteiger partial charge in [0, 0.05) is 24.3 Å². The second kappa shape index (κ2) is 9.34. The number of hydrogen-bond donors (Lipinski definition) is 2. The van der Waals surface area contributed by atoms with E-state index >= 15 is 0 Å². The number of aromatic nitrogens is 1. The largest absolute Gasteiger partial charge is 0.507 e. The molecule has 0 saturated carbocycles. The minimum absolute atomic E-state index is 0.0360. The van der Waals surface area contributed by atoms with Crippen LogP contribution in [0.3, 0.4) is 0 Å². The maximum atomic E-state index is 14.1. The van der Waals surface area contributed by atoms with Crippen LogP contribution in [-0.4, -0.2) is 26.5 Å². The Morgan fingerprint density at radius 3 is 2.28 bits per heavy atom. The lowest BCUT2D eigenvalue weighted by Crippen LogP contribution is -2.25. The Bertz CT molecular complexity index is 1300. The van der Waals surface area contributed by atoms with Gasteiger partial charge in [-0.3, -0.25) is 9.59 Å². The standard InChI is InChI=1S/C23H16F3NO5/c24-17-6-2-1-4-14(17)8-13-9-16(19(28)10-20(29)23(31)32)22(30)27(11-13)12-15-5-3-7-18(25)21(15)26/h1-7,9-11,28H,8,12H2,(H,31,32)/b19-10-. The topological polar surface area (TPSA) is 96.6 Å². The number of hydrogen-bond acceptors (Lipinski definition) is 4. The molecule has 3 rings (SSSR count). The number of benzene rings is 2. The Kier molecular flexibility index (Phi) is 6.58. The van der Waals surface area contributed by atoms with Crippen LogP contribution in [0.15, 0.2) is 65.6 Å². The van der Waals surface area contributed by atoms with Crippen molar-refractivity contribution in [3.63, 3.8) is 0 Å². The number of aliphatic hydroxyl groups excluding tert-OH is 1. The molecule has 3 aromatic rings. The fourth-order valence-corrected chi connectivity index (χ4v) is 3.07. The summed E-state index contributed by atoms with van der Waals surface area (Å²) in [7, 11) is 0. The van der Waals surface area contributed by atoms with Gasteiger partial charge in [0.05, 0.1) is 12.1 Å². The summed E-state index contributed by atoms with van der Waals surface area (Å²) < 4.78 is 42.7. The molecule has 6 nitrogen and oxygen atoms in total. The van der Waals surface area contributed by atoms with E-state index in [0.29, 0.717) is 11.6 Å². The molecule has 164 valence electrons. The predicted molar refractivity (Wildman–Crippen MR) is 109 cm³/mol. The number of pyridine rings is 1. The molecule has 0 fully saturated rings. The van der Waals surface area contributed by atoms with Gasteiger partial charge >= 0.3 is 5.97 Å². The fourth-order valence-electron chi connectivity index (χ4n) is 3.07. The third-order valence-corrected chi connectivity index (χ3v) is 4.62. The highest BCUT2D eigenvalue weighted by Gasteiger charge is 2.17. The second-order valence-electron chi connectivity index (χ2n) is 6.88. The normalized spacial score (nSPS) is 11.4. The van der Waals surface area contributed by atoms with Crippen molar-refractivity contribution in [3.05, 3.63) is 111 Å². The molecule has 0 unspecified atom stereocenters. The van der Waals surface area contributed by atoms with Crippen LogP contribution in [0.1, 0.15) is 22.3 Å². The van der Waals surface area contributed by atoms with Gasteiger partial charge in [0.15, 0.2) is 11.6 Å². The lowest BCUT2D eigenvalue weighted by atomic mass is 10.0. The molecule has 0 atom stereocenters. The van der Waals surface area contributed by atoms with Gasteiger partial charge in [-0.2, -0.15) is 0 Å². The number of ketones is 1. The van der Waals surface area contributed by atoms with Crippen molar-refractivity contribution in [2.24, 2.45) is 0 Å². The van der Waals surface area contributed by atoms with Gasteiger partial charge in [-0.15, -0.1) is 0 Å². The van der Waals surface area contributed by atoms with Crippen molar-refractivity contribution >= 4 is 17.5 Å². The highest BCUT2D eigenvalue weighted by atomic mass is 19.2. The molecule has 0 spiro atoms. The number of aliphatic hydroxyl groups is 1. The van der Waals surface area contributed by atoms with Crippen LogP contribution in [0.4, 0.5) is 13.2 Å². The third-order valence-electron chi connectivity index (χ3n) is 4.62. The van der Waals surface area contributed by atoms with Crippen LogP contribution < -0.4 is 5.56 Å². The van der Waals surface area contributed by atoms with Crippen molar-refractivity contribution in [2.45, 2.75) is 13.0 Å². The minimum atomic E-state index is -1.85. The predicted octanol–water partition coefficient (Wildman–Crippen LogP) is 3.46. The number of carbonyl (C=O) groups excluding carboxylic acids is 1. The highest BCUT2D eigenvalue weighted by molar-refractivity contribution is 6.38. The molecule has 0 amide bonds. The Balaban J connectivity index is 2.13. The van der Waals surface area contributed by atoms with Crippen LogP contribution in [-0.2, 0) is 22.6 Å². The molecular formula is C23H16F3NO5. The van der Waals surface area contributed by atoms with Crippen molar-refractivity contribution in [2.75, 3.05) is 0 Å². The molecular weight excluding hydrogens is 427 g/mol. The maximum absolute atomic E-state index is 14.1. The summed E-state index contributed by atoms with van der Waals surface area (Å²) in [6.07, 6.45) is 1.61. The SMILES string of the molecule is O=C(O)C(=O)/C=C(\O)c1cc(Cc2ccccc2F)cn(Cc2cccc(F)c2F)c1=O. The van der Waals surface area contributed by atoms with Crippen LogP contribution >= 0.6 is 0 Å². The lowest BCUT2D eigenvalue weighted by Gasteiger charge is -2.13. The van der Waals surface area contributed by atoms with E-state index in [2.05, 4.69) is 0 Å². The summed E-state index contributed by atoms with van der Waals surface area (Å²) in [6.45, 7) is -0.430. The molecule has 0 radical (unpaired) electrons. The zero-order chi connectivity index (χ0) is 23.4. The van der Waals surface area contributed by atoms with Crippen LogP contribution in [0.5, 0.6) is 0 Å². The molecule has 0 saturated heterocycles. The molecule has 2 aromatic carbocycles. The van der Waals surface area contributed by atoms with E-state index in [1.807, 2.05) is 0 Å². The summed E-state index contributed by atoms with van der Waals surface area (Å²) in [5.74, 6) is -7.05. The van der Waals surface area contributed by atoms with Crippen molar-refractivity contribution < 1.29 is 33.0 Å². The quantitative estimate of drug-likeness (QED) is 0.331. The van der Waals surface area contributed by atoms with E-state index in [1.54, 1.807) is 6.07 Å².